The lowest BCUT2D eigenvalue weighted by Crippen LogP contribution is -2.26. The Morgan fingerprint density at radius 3 is 2.81 bits per heavy atom. The third kappa shape index (κ3) is 3.54. The lowest BCUT2D eigenvalue weighted by Gasteiger charge is -2.20. The van der Waals surface area contributed by atoms with Crippen molar-refractivity contribution < 1.29 is 9.59 Å². The van der Waals surface area contributed by atoms with Gasteiger partial charge >= 0.3 is 0 Å². The van der Waals surface area contributed by atoms with Gasteiger partial charge in [-0.15, -0.1) is 11.3 Å². The molecule has 4 rings (SSSR count). The molecule has 1 atom stereocenters. The SMILES string of the molecule is CC(NC(=O)c1cc2sc(N(C)C)nc2s1)c1ccc2c(c1)CCC(=O)N2. The molecule has 1 aliphatic rings. The van der Waals surface area contributed by atoms with Crippen LogP contribution in [0.5, 0.6) is 0 Å². The summed E-state index contributed by atoms with van der Waals surface area (Å²) < 4.78 is 1.03. The summed E-state index contributed by atoms with van der Waals surface area (Å²) in [6.07, 6.45) is 1.24. The monoisotopic (exact) mass is 400 g/mol. The normalized spacial score (nSPS) is 14.6. The van der Waals surface area contributed by atoms with E-state index >= 15 is 0 Å². The fraction of sp³-hybridized carbons (Fsp3) is 0.316. The Labute approximate surface area is 165 Å². The van der Waals surface area contributed by atoms with Crippen LogP contribution in [-0.4, -0.2) is 30.9 Å². The number of nitrogens with one attached hydrogen (secondary N) is 2. The fourth-order valence-corrected chi connectivity index (χ4v) is 5.09. The molecule has 0 fully saturated rings. The lowest BCUT2D eigenvalue weighted by molar-refractivity contribution is -0.116. The van der Waals surface area contributed by atoms with Crippen molar-refractivity contribution in [1.29, 1.82) is 0 Å². The maximum absolute atomic E-state index is 12.7. The van der Waals surface area contributed by atoms with Gasteiger partial charge in [0.25, 0.3) is 5.91 Å². The molecule has 0 aliphatic carbocycles. The molecule has 8 heteroatoms. The molecule has 0 bridgehead atoms. The average molecular weight is 401 g/mol. The molecule has 3 aromatic rings. The molecule has 2 amide bonds. The van der Waals surface area contributed by atoms with E-state index in [2.05, 4.69) is 21.7 Å². The van der Waals surface area contributed by atoms with Crippen LogP contribution in [0.4, 0.5) is 10.8 Å². The smallest absolute Gasteiger partial charge is 0.261 e. The highest BCUT2D eigenvalue weighted by Crippen LogP contribution is 2.34. The van der Waals surface area contributed by atoms with Crippen molar-refractivity contribution in [3.05, 3.63) is 40.3 Å². The Balaban J connectivity index is 1.49. The first kappa shape index (κ1) is 17.9. The van der Waals surface area contributed by atoms with Crippen molar-refractivity contribution in [3.63, 3.8) is 0 Å². The summed E-state index contributed by atoms with van der Waals surface area (Å²) in [6, 6.07) is 7.73. The Bertz CT molecular complexity index is 1010. The van der Waals surface area contributed by atoms with Gasteiger partial charge in [0, 0.05) is 26.2 Å². The minimum atomic E-state index is -0.120. The van der Waals surface area contributed by atoms with Crippen molar-refractivity contribution in [2.24, 2.45) is 0 Å². The van der Waals surface area contributed by atoms with E-state index in [1.54, 1.807) is 11.3 Å². The van der Waals surface area contributed by atoms with Gasteiger partial charge in [0.15, 0.2) is 5.13 Å². The molecule has 0 radical (unpaired) electrons. The number of carbonyl (C=O) groups is 2. The highest BCUT2D eigenvalue weighted by molar-refractivity contribution is 7.29. The Morgan fingerprint density at radius 2 is 2.07 bits per heavy atom. The second kappa shape index (κ2) is 6.94. The predicted octanol–water partition coefficient (Wildman–Crippen LogP) is 3.80. The zero-order chi connectivity index (χ0) is 19.1. The van der Waals surface area contributed by atoms with Crippen LogP contribution in [0.25, 0.3) is 9.53 Å². The van der Waals surface area contributed by atoms with Gasteiger partial charge in [0.05, 0.1) is 15.6 Å². The number of carbonyl (C=O) groups excluding carboxylic acids is 2. The van der Waals surface area contributed by atoms with Crippen LogP contribution in [-0.2, 0) is 11.2 Å². The summed E-state index contributed by atoms with van der Waals surface area (Å²) in [7, 11) is 3.92. The van der Waals surface area contributed by atoms with E-state index in [1.165, 1.54) is 11.3 Å². The van der Waals surface area contributed by atoms with Gasteiger partial charge in [-0.25, -0.2) is 4.98 Å². The summed E-state index contributed by atoms with van der Waals surface area (Å²) in [5.41, 5.74) is 3.02. The van der Waals surface area contributed by atoms with E-state index in [0.717, 1.165) is 37.9 Å². The van der Waals surface area contributed by atoms with E-state index in [-0.39, 0.29) is 17.9 Å². The number of aromatic nitrogens is 1. The average Bonchev–Trinajstić information content (AvgIpc) is 3.20. The van der Waals surface area contributed by atoms with E-state index < -0.39 is 0 Å². The third-order valence-corrected chi connectivity index (χ3v) is 6.88. The van der Waals surface area contributed by atoms with Gasteiger partial charge in [-0.2, -0.15) is 0 Å². The highest BCUT2D eigenvalue weighted by atomic mass is 32.1. The number of thiophene rings is 1. The molecular formula is C19H20N4O2S2. The predicted molar refractivity (Wildman–Crippen MR) is 111 cm³/mol. The zero-order valence-corrected chi connectivity index (χ0v) is 17.0. The van der Waals surface area contributed by atoms with Gasteiger partial charge < -0.3 is 15.5 Å². The third-order valence-electron chi connectivity index (χ3n) is 4.56. The second-order valence-corrected chi connectivity index (χ2v) is 8.87. The van der Waals surface area contributed by atoms with Crippen molar-refractivity contribution in [3.8, 4) is 0 Å². The van der Waals surface area contributed by atoms with E-state index in [0.29, 0.717) is 11.3 Å². The number of hydrogen-bond acceptors (Lipinski definition) is 6. The molecule has 2 aromatic heterocycles. The first-order valence-electron chi connectivity index (χ1n) is 8.72. The van der Waals surface area contributed by atoms with Crippen LogP contribution in [0.15, 0.2) is 24.3 Å². The molecule has 6 nitrogen and oxygen atoms in total. The number of benzene rings is 1. The van der Waals surface area contributed by atoms with Crippen molar-refractivity contribution in [2.45, 2.75) is 25.8 Å². The summed E-state index contributed by atoms with van der Waals surface area (Å²) in [6.45, 7) is 1.97. The Morgan fingerprint density at radius 1 is 1.26 bits per heavy atom. The molecule has 3 heterocycles. The first-order valence-corrected chi connectivity index (χ1v) is 10.4. The minimum Gasteiger partial charge on any atom is -0.354 e. The molecule has 1 aromatic carbocycles. The largest absolute Gasteiger partial charge is 0.354 e. The second-order valence-electron chi connectivity index (χ2n) is 6.83. The molecule has 140 valence electrons. The number of anilines is 2. The van der Waals surface area contributed by atoms with Gasteiger partial charge in [0.2, 0.25) is 5.91 Å². The van der Waals surface area contributed by atoms with Gasteiger partial charge in [-0.05, 0) is 36.6 Å². The Kier molecular flexibility index (Phi) is 4.61. The number of rotatable bonds is 4. The van der Waals surface area contributed by atoms with Crippen molar-refractivity contribution in [2.75, 3.05) is 24.3 Å². The molecule has 0 spiro atoms. The zero-order valence-electron chi connectivity index (χ0n) is 15.3. The molecule has 0 saturated carbocycles. The van der Waals surface area contributed by atoms with Crippen molar-refractivity contribution >= 4 is 54.8 Å². The summed E-state index contributed by atoms with van der Waals surface area (Å²) in [5, 5.41) is 6.89. The maximum atomic E-state index is 12.7. The van der Waals surface area contributed by atoms with E-state index in [9.17, 15) is 9.59 Å². The van der Waals surface area contributed by atoms with Crippen LogP contribution in [0, 0.1) is 0 Å². The van der Waals surface area contributed by atoms with Crippen LogP contribution in [0.1, 0.15) is 40.2 Å². The summed E-state index contributed by atoms with van der Waals surface area (Å²) in [4.78, 5) is 32.2. The topological polar surface area (TPSA) is 74.3 Å². The number of aryl methyl sites for hydroxylation is 1. The standard InChI is InChI=1S/C19H20N4O2S2/c1-10(11-4-6-13-12(8-11)5-7-16(24)21-13)20-17(25)14-9-15-18(26-14)22-19(27-15)23(2)3/h4,6,8-10H,5,7H2,1-3H3,(H,20,25)(H,21,24). The van der Waals surface area contributed by atoms with E-state index in [1.807, 2.05) is 44.1 Å². The van der Waals surface area contributed by atoms with Crippen molar-refractivity contribution in [1.82, 2.24) is 10.3 Å². The fourth-order valence-electron chi connectivity index (χ4n) is 3.05. The number of thiazole rings is 1. The maximum Gasteiger partial charge on any atom is 0.261 e. The molecule has 1 unspecified atom stereocenters. The quantitative estimate of drug-likeness (QED) is 0.699. The molecule has 1 aliphatic heterocycles. The van der Waals surface area contributed by atoms with Gasteiger partial charge in [0.1, 0.15) is 4.83 Å². The lowest BCUT2D eigenvalue weighted by atomic mass is 9.98. The first-order chi connectivity index (χ1) is 12.9. The molecule has 27 heavy (non-hydrogen) atoms. The highest BCUT2D eigenvalue weighted by Gasteiger charge is 2.19. The van der Waals surface area contributed by atoms with Crippen LogP contribution in [0.2, 0.25) is 0 Å². The van der Waals surface area contributed by atoms with Crippen LogP contribution >= 0.6 is 22.7 Å². The number of amides is 2. The van der Waals surface area contributed by atoms with E-state index in [4.69, 9.17) is 0 Å². The molecular weight excluding hydrogens is 380 g/mol. The number of hydrogen-bond donors (Lipinski definition) is 2. The Hall–Kier alpha value is -2.45. The van der Waals surface area contributed by atoms with Crippen LogP contribution in [0.3, 0.4) is 0 Å². The number of fused-ring (bicyclic) bond motifs is 2. The molecule has 2 N–H and O–H groups in total. The summed E-state index contributed by atoms with van der Waals surface area (Å²) in [5.74, 6) is -0.0320. The van der Waals surface area contributed by atoms with Gasteiger partial charge in [-0.1, -0.05) is 23.5 Å². The summed E-state index contributed by atoms with van der Waals surface area (Å²) >= 11 is 3.00. The number of nitrogens with zero attached hydrogens (tertiary/aromatic N) is 2. The van der Waals surface area contributed by atoms with Gasteiger partial charge in [-0.3, -0.25) is 9.59 Å². The minimum absolute atomic E-state index is 0.0558. The molecule has 0 saturated heterocycles. The van der Waals surface area contributed by atoms with Crippen LogP contribution < -0.4 is 15.5 Å².